The van der Waals surface area contributed by atoms with E-state index in [1.165, 1.54) is 0 Å². The van der Waals surface area contributed by atoms with Gasteiger partial charge in [-0.05, 0) is 22.2 Å². The quantitative estimate of drug-likeness (QED) is 0.779. The maximum atomic E-state index is 11.9. The van der Waals surface area contributed by atoms with Gasteiger partial charge in [0.1, 0.15) is 0 Å². The lowest BCUT2D eigenvalue weighted by Crippen LogP contribution is -2.32. The Balaban J connectivity index is 2.40. The molecule has 19 heavy (non-hydrogen) atoms. The van der Waals surface area contributed by atoms with Crippen molar-refractivity contribution in [1.82, 2.24) is 5.32 Å². The van der Waals surface area contributed by atoms with Crippen molar-refractivity contribution >= 4 is 11.9 Å². The summed E-state index contributed by atoms with van der Waals surface area (Å²) in [5, 5.41) is 11.7. The predicted molar refractivity (Wildman–Crippen MR) is 74.7 cm³/mol. The fourth-order valence-corrected chi connectivity index (χ4v) is 3.03. The fraction of sp³-hybridized carbons (Fsp3) is 0.867. The van der Waals surface area contributed by atoms with E-state index in [1.54, 1.807) is 0 Å². The Bertz CT molecular complexity index is 369. The Morgan fingerprint density at radius 1 is 1.11 bits per heavy atom. The summed E-state index contributed by atoms with van der Waals surface area (Å²) in [4.78, 5) is 22.6. The largest absolute Gasteiger partial charge is 0.481 e. The summed E-state index contributed by atoms with van der Waals surface area (Å²) in [6.07, 6.45) is 0.272. The SMILES string of the molecule is CC(C)(CC(=O)O)CC(=O)NCC1C(C)(C)C1(C)C. The minimum Gasteiger partial charge on any atom is -0.481 e. The van der Waals surface area contributed by atoms with Crippen LogP contribution in [-0.4, -0.2) is 23.5 Å². The van der Waals surface area contributed by atoms with Gasteiger partial charge < -0.3 is 10.4 Å². The lowest BCUT2D eigenvalue weighted by atomic mass is 9.85. The summed E-state index contributed by atoms with van der Waals surface area (Å²) < 4.78 is 0. The number of hydrogen-bond acceptors (Lipinski definition) is 2. The summed E-state index contributed by atoms with van der Waals surface area (Å²) in [6, 6.07) is 0. The highest BCUT2D eigenvalue weighted by Crippen LogP contribution is 2.67. The van der Waals surface area contributed by atoms with E-state index in [0.717, 1.165) is 0 Å². The van der Waals surface area contributed by atoms with Crippen molar-refractivity contribution in [3.8, 4) is 0 Å². The van der Waals surface area contributed by atoms with Crippen LogP contribution in [0.1, 0.15) is 54.4 Å². The van der Waals surface area contributed by atoms with Gasteiger partial charge in [-0.1, -0.05) is 41.5 Å². The highest BCUT2D eigenvalue weighted by atomic mass is 16.4. The number of amides is 1. The number of hydrogen-bond donors (Lipinski definition) is 2. The Morgan fingerprint density at radius 3 is 1.95 bits per heavy atom. The molecule has 0 aromatic carbocycles. The topological polar surface area (TPSA) is 66.4 Å². The molecule has 1 fully saturated rings. The Kier molecular flexibility index (Phi) is 4.04. The van der Waals surface area contributed by atoms with E-state index in [9.17, 15) is 9.59 Å². The average molecular weight is 269 g/mol. The maximum absolute atomic E-state index is 11.9. The van der Waals surface area contributed by atoms with Crippen LogP contribution in [0.4, 0.5) is 0 Å². The van der Waals surface area contributed by atoms with Crippen LogP contribution in [0.2, 0.25) is 0 Å². The molecule has 0 unspecified atom stereocenters. The molecule has 110 valence electrons. The van der Waals surface area contributed by atoms with E-state index in [0.29, 0.717) is 12.5 Å². The lowest BCUT2D eigenvalue weighted by molar-refractivity contribution is -0.139. The minimum atomic E-state index is -0.859. The molecule has 4 heteroatoms. The van der Waals surface area contributed by atoms with Crippen LogP contribution in [0, 0.1) is 22.2 Å². The van der Waals surface area contributed by atoms with Gasteiger partial charge in [0.2, 0.25) is 5.91 Å². The van der Waals surface area contributed by atoms with Gasteiger partial charge in [0.05, 0.1) is 6.42 Å². The highest BCUT2D eigenvalue weighted by Gasteiger charge is 2.64. The number of carbonyl (C=O) groups is 2. The van der Waals surface area contributed by atoms with Crippen LogP contribution < -0.4 is 5.32 Å². The van der Waals surface area contributed by atoms with Gasteiger partial charge in [0.25, 0.3) is 0 Å². The second kappa shape index (κ2) is 4.80. The van der Waals surface area contributed by atoms with Crippen LogP contribution in [-0.2, 0) is 9.59 Å². The minimum absolute atomic E-state index is 0.0147. The monoisotopic (exact) mass is 269 g/mol. The first-order valence-corrected chi connectivity index (χ1v) is 6.89. The van der Waals surface area contributed by atoms with Gasteiger partial charge in [-0.3, -0.25) is 9.59 Å². The van der Waals surface area contributed by atoms with Crippen molar-refractivity contribution in [3.05, 3.63) is 0 Å². The average Bonchev–Trinajstić information content (AvgIpc) is 2.50. The highest BCUT2D eigenvalue weighted by molar-refractivity contribution is 5.78. The number of aliphatic carboxylic acids is 1. The summed E-state index contributed by atoms with van der Waals surface area (Å²) in [7, 11) is 0. The van der Waals surface area contributed by atoms with Crippen LogP contribution >= 0.6 is 0 Å². The molecule has 0 bridgehead atoms. The van der Waals surface area contributed by atoms with Crippen molar-refractivity contribution in [2.45, 2.75) is 54.4 Å². The third-order valence-electron chi connectivity index (χ3n) is 5.09. The number of rotatable bonds is 6. The molecular formula is C15H27NO3. The van der Waals surface area contributed by atoms with Crippen molar-refractivity contribution < 1.29 is 14.7 Å². The van der Waals surface area contributed by atoms with E-state index in [2.05, 4.69) is 33.0 Å². The molecule has 1 aliphatic rings. The van der Waals surface area contributed by atoms with Crippen LogP contribution in [0.15, 0.2) is 0 Å². The molecule has 0 aromatic rings. The number of carbonyl (C=O) groups excluding carboxylic acids is 1. The molecule has 1 saturated carbocycles. The molecule has 2 N–H and O–H groups in total. The second-order valence-corrected chi connectivity index (χ2v) is 7.71. The maximum Gasteiger partial charge on any atom is 0.303 e. The van der Waals surface area contributed by atoms with E-state index < -0.39 is 11.4 Å². The summed E-state index contributed by atoms with van der Waals surface area (Å²) in [5.41, 5.74) is 0.0260. The Labute approximate surface area is 116 Å². The van der Waals surface area contributed by atoms with Crippen molar-refractivity contribution in [3.63, 3.8) is 0 Å². The summed E-state index contributed by atoms with van der Waals surface area (Å²) >= 11 is 0. The molecule has 1 rings (SSSR count). The molecule has 4 nitrogen and oxygen atoms in total. The second-order valence-electron chi connectivity index (χ2n) is 7.71. The van der Waals surface area contributed by atoms with Gasteiger partial charge in [-0.15, -0.1) is 0 Å². The van der Waals surface area contributed by atoms with Crippen molar-refractivity contribution in [1.29, 1.82) is 0 Å². The molecule has 0 spiro atoms. The van der Waals surface area contributed by atoms with E-state index in [1.807, 2.05) is 13.8 Å². The lowest BCUT2D eigenvalue weighted by Gasteiger charge is -2.21. The smallest absolute Gasteiger partial charge is 0.303 e. The molecule has 0 aliphatic heterocycles. The van der Waals surface area contributed by atoms with Crippen LogP contribution in [0.5, 0.6) is 0 Å². The fourth-order valence-electron chi connectivity index (χ4n) is 3.03. The summed E-state index contributed by atoms with van der Waals surface area (Å²) in [5.74, 6) is -0.418. The molecule has 0 atom stereocenters. The third-order valence-corrected chi connectivity index (χ3v) is 5.09. The molecule has 0 radical (unpaired) electrons. The first-order valence-electron chi connectivity index (χ1n) is 6.89. The van der Waals surface area contributed by atoms with E-state index in [4.69, 9.17) is 5.11 Å². The molecule has 1 amide bonds. The van der Waals surface area contributed by atoms with Gasteiger partial charge in [-0.25, -0.2) is 0 Å². The zero-order valence-corrected chi connectivity index (χ0v) is 13.0. The Morgan fingerprint density at radius 2 is 1.58 bits per heavy atom. The van der Waals surface area contributed by atoms with Crippen molar-refractivity contribution in [2.75, 3.05) is 6.54 Å². The van der Waals surface area contributed by atoms with E-state index in [-0.39, 0.29) is 29.6 Å². The molecule has 1 aliphatic carbocycles. The third kappa shape index (κ3) is 3.48. The predicted octanol–water partition coefficient (Wildman–Crippen LogP) is 2.68. The van der Waals surface area contributed by atoms with Gasteiger partial charge >= 0.3 is 5.97 Å². The first-order chi connectivity index (χ1) is 8.40. The number of nitrogens with one attached hydrogen (secondary N) is 1. The van der Waals surface area contributed by atoms with Crippen LogP contribution in [0.3, 0.4) is 0 Å². The zero-order chi connectivity index (χ0) is 15.1. The van der Waals surface area contributed by atoms with Crippen LogP contribution in [0.25, 0.3) is 0 Å². The molecule has 0 aromatic heterocycles. The van der Waals surface area contributed by atoms with Gasteiger partial charge in [0.15, 0.2) is 0 Å². The summed E-state index contributed by atoms with van der Waals surface area (Å²) in [6.45, 7) is 13.2. The van der Waals surface area contributed by atoms with Gasteiger partial charge in [0, 0.05) is 13.0 Å². The number of carboxylic acids is 1. The van der Waals surface area contributed by atoms with Gasteiger partial charge in [-0.2, -0.15) is 0 Å². The Hall–Kier alpha value is -1.06. The van der Waals surface area contributed by atoms with E-state index >= 15 is 0 Å². The normalized spacial score (nSPS) is 20.9. The zero-order valence-electron chi connectivity index (χ0n) is 13.0. The molecule has 0 heterocycles. The number of carboxylic acid groups (broad SMARTS) is 1. The molecule has 0 saturated heterocycles. The van der Waals surface area contributed by atoms with Crippen molar-refractivity contribution in [2.24, 2.45) is 22.2 Å². The molecular weight excluding hydrogens is 242 g/mol. The first kappa shape index (κ1) is 16.0. The standard InChI is InChI=1S/C15H27NO3/c1-13(2,8-12(18)19)7-11(17)16-9-10-14(3,4)15(10,5)6/h10H,7-9H2,1-6H3,(H,16,17)(H,18,19).